The van der Waals surface area contributed by atoms with E-state index in [2.05, 4.69) is 19.2 Å². The molecule has 2 heteroatoms. The van der Waals surface area contributed by atoms with E-state index in [-0.39, 0.29) is 0 Å². The summed E-state index contributed by atoms with van der Waals surface area (Å²) in [5, 5.41) is 3.60. The Kier molecular flexibility index (Phi) is 7.09. The van der Waals surface area contributed by atoms with Gasteiger partial charge in [0.05, 0.1) is 0 Å². The molecule has 1 fully saturated rings. The standard InChI is InChI=1S/C8H17N.C4H9.Ga/c1-3-5-6-7-8-9-4-2;1-3-4-2;/h7,9H,2-6,8H2,1H3;1,3-4H2,2H3;. The van der Waals surface area contributed by atoms with Crippen LogP contribution < -0.4 is 5.32 Å². The van der Waals surface area contributed by atoms with Crippen LogP contribution in [0.1, 0.15) is 46.0 Å². The van der Waals surface area contributed by atoms with Crippen LogP contribution in [0.25, 0.3) is 0 Å². The first kappa shape index (κ1) is 12.7. The zero-order valence-electron chi connectivity index (χ0n) is 10.0. The second-order valence-electron chi connectivity index (χ2n) is 4.80. The van der Waals surface area contributed by atoms with Crippen molar-refractivity contribution >= 4 is 16.2 Å². The predicted octanol–water partition coefficient (Wildman–Crippen LogP) is 3.44. The predicted molar refractivity (Wildman–Crippen MR) is 66.4 cm³/mol. The Labute approximate surface area is 95.1 Å². The molecule has 1 heterocycles. The second-order valence-corrected chi connectivity index (χ2v) is 12.4. The SMILES string of the molecule is CCCC[CH]1CNC[CH2][Ga]1[CH2]CCC. The average molecular weight is 254 g/mol. The zero-order chi connectivity index (χ0) is 10.2. The molecule has 0 amide bonds. The van der Waals surface area contributed by atoms with E-state index >= 15 is 0 Å². The molecule has 0 spiro atoms. The van der Waals surface area contributed by atoms with Crippen LogP contribution in [-0.4, -0.2) is 29.3 Å². The number of unbranched alkanes of at least 4 members (excludes halogenated alkanes) is 2. The molecular formula is C12H26GaN. The number of nitrogens with one attached hydrogen (secondary N) is 1. The maximum atomic E-state index is 3.60. The summed E-state index contributed by atoms with van der Waals surface area (Å²) < 4.78 is 1.17. The van der Waals surface area contributed by atoms with Crippen LogP contribution >= 0.6 is 0 Å². The summed E-state index contributed by atoms with van der Waals surface area (Å²) in [5.41, 5.74) is 0. The van der Waals surface area contributed by atoms with Gasteiger partial charge in [-0.3, -0.25) is 0 Å². The molecule has 0 aromatic rings. The molecule has 0 aliphatic carbocycles. The molecule has 1 unspecified atom stereocenters. The number of hydrogen-bond acceptors (Lipinski definition) is 1. The summed E-state index contributed by atoms with van der Waals surface area (Å²) in [7, 11) is 0. The van der Waals surface area contributed by atoms with Crippen molar-refractivity contribution in [2.45, 2.75) is 60.4 Å². The van der Waals surface area contributed by atoms with Gasteiger partial charge >= 0.3 is 95.0 Å². The van der Waals surface area contributed by atoms with E-state index in [1.165, 1.54) is 49.7 Å². The molecule has 1 nitrogen and oxygen atoms in total. The Morgan fingerprint density at radius 2 is 2.00 bits per heavy atom. The molecule has 1 N–H and O–H groups in total. The van der Waals surface area contributed by atoms with E-state index < -0.39 is 16.2 Å². The molecule has 1 aliphatic rings. The molecule has 1 aliphatic heterocycles. The van der Waals surface area contributed by atoms with Crippen LogP contribution in [0.15, 0.2) is 0 Å². The molecule has 1 atom stereocenters. The van der Waals surface area contributed by atoms with Crippen molar-refractivity contribution in [1.82, 2.24) is 5.32 Å². The fraction of sp³-hybridized carbons (Fsp3) is 1.00. The molecule has 1 rings (SSSR count). The van der Waals surface area contributed by atoms with Crippen LogP contribution in [0.5, 0.6) is 0 Å². The van der Waals surface area contributed by atoms with Crippen LogP contribution in [-0.2, 0) is 0 Å². The summed E-state index contributed by atoms with van der Waals surface area (Å²) in [4.78, 5) is 3.28. The topological polar surface area (TPSA) is 12.0 Å². The van der Waals surface area contributed by atoms with Gasteiger partial charge in [-0.15, -0.1) is 0 Å². The van der Waals surface area contributed by atoms with Gasteiger partial charge in [0.25, 0.3) is 0 Å². The van der Waals surface area contributed by atoms with Gasteiger partial charge < -0.3 is 0 Å². The first-order chi connectivity index (χ1) is 6.88. The van der Waals surface area contributed by atoms with Crippen molar-refractivity contribution in [2.24, 2.45) is 0 Å². The van der Waals surface area contributed by atoms with Crippen molar-refractivity contribution in [3.05, 3.63) is 0 Å². The fourth-order valence-corrected chi connectivity index (χ4v) is 10.9. The van der Waals surface area contributed by atoms with E-state index in [9.17, 15) is 0 Å². The van der Waals surface area contributed by atoms with Crippen LogP contribution in [0.4, 0.5) is 0 Å². The van der Waals surface area contributed by atoms with Gasteiger partial charge in [0.15, 0.2) is 0 Å². The van der Waals surface area contributed by atoms with Gasteiger partial charge in [-0.25, -0.2) is 0 Å². The van der Waals surface area contributed by atoms with Crippen molar-refractivity contribution in [3.8, 4) is 0 Å². The molecule has 14 heavy (non-hydrogen) atoms. The molecule has 0 radical (unpaired) electrons. The number of hydrogen-bond donors (Lipinski definition) is 1. The minimum atomic E-state index is -0.837. The van der Waals surface area contributed by atoms with E-state index in [0.29, 0.717) is 0 Å². The van der Waals surface area contributed by atoms with Crippen molar-refractivity contribution in [1.29, 1.82) is 0 Å². The summed E-state index contributed by atoms with van der Waals surface area (Å²) in [6.07, 6.45) is 7.33. The third kappa shape index (κ3) is 4.41. The number of rotatable bonds is 6. The van der Waals surface area contributed by atoms with E-state index in [0.717, 1.165) is 0 Å². The van der Waals surface area contributed by atoms with Crippen LogP contribution in [0.2, 0.25) is 14.4 Å². The van der Waals surface area contributed by atoms with Crippen LogP contribution in [0, 0.1) is 0 Å². The maximum absolute atomic E-state index is 3.60. The molecule has 0 aromatic carbocycles. The van der Waals surface area contributed by atoms with Crippen LogP contribution in [0.3, 0.4) is 0 Å². The Hall–Kier alpha value is 0.596. The Morgan fingerprint density at radius 3 is 2.71 bits per heavy atom. The Balaban J connectivity index is 2.26. The van der Waals surface area contributed by atoms with Gasteiger partial charge in [-0.1, -0.05) is 0 Å². The first-order valence-electron chi connectivity index (χ1n) is 6.59. The summed E-state index contributed by atoms with van der Waals surface area (Å²) >= 11 is -0.837. The molecule has 82 valence electrons. The van der Waals surface area contributed by atoms with E-state index in [1.807, 2.05) is 0 Å². The van der Waals surface area contributed by atoms with Gasteiger partial charge in [-0.2, -0.15) is 0 Å². The first-order valence-corrected chi connectivity index (χ1v) is 11.4. The van der Waals surface area contributed by atoms with E-state index in [4.69, 9.17) is 0 Å². The molecule has 1 saturated heterocycles. The third-order valence-electron chi connectivity index (χ3n) is 3.62. The summed E-state index contributed by atoms with van der Waals surface area (Å²) in [5.74, 6) is 0. The Bertz CT molecular complexity index is 122. The quantitative estimate of drug-likeness (QED) is 0.716. The zero-order valence-corrected chi connectivity index (χ0v) is 12.4. The summed E-state index contributed by atoms with van der Waals surface area (Å²) in [6.45, 7) is 7.38. The molecule has 0 saturated carbocycles. The monoisotopic (exact) mass is 253 g/mol. The summed E-state index contributed by atoms with van der Waals surface area (Å²) in [6, 6.07) is 0. The van der Waals surface area contributed by atoms with Gasteiger partial charge in [0.2, 0.25) is 0 Å². The molecule has 0 aromatic heterocycles. The van der Waals surface area contributed by atoms with Gasteiger partial charge in [-0.05, 0) is 0 Å². The van der Waals surface area contributed by atoms with Crippen molar-refractivity contribution in [3.63, 3.8) is 0 Å². The Morgan fingerprint density at radius 1 is 1.21 bits per heavy atom. The van der Waals surface area contributed by atoms with Gasteiger partial charge in [0, 0.05) is 0 Å². The van der Waals surface area contributed by atoms with E-state index in [1.54, 1.807) is 9.95 Å². The van der Waals surface area contributed by atoms with Gasteiger partial charge in [0.1, 0.15) is 0 Å². The fourth-order valence-electron chi connectivity index (χ4n) is 2.63. The molecular weight excluding hydrogens is 228 g/mol. The second kappa shape index (κ2) is 7.83. The minimum absolute atomic E-state index is 0.837. The van der Waals surface area contributed by atoms with Crippen molar-refractivity contribution in [2.75, 3.05) is 13.1 Å². The third-order valence-corrected chi connectivity index (χ3v) is 12.2. The average Bonchev–Trinajstić information content (AvgIpc) is 2.24. The normalized spacial score (nSPS) is 22.7. The van der Waals surface area contributed by atoms with Crippen molar-refractivity contribution < 1.29 is 0 Å². The molecule has 0 bridgehead atoms.